The number of benzene rings is 10. The van der Waals surface area contributed by atoms with Gasteiger partial charge >= 0.3 is 0 Å². The van der Waals surface area contributed by atoms with E-state index in [0.717, 1.165) is 11.4 Å². The Bertz CT molecular complexity index is 3170. The minimum absolute atomic E-state index is 0.108. The number of hydrogen-bond acceptors (Lipinski definition) is 1. The summed E-state index contributed by atoms with van der Waals surface area (Å²) >= 11 is 0. The maximum Gasteiger partial charge on any atom is 0.0543 e. The van der Waals surface area contributed by atoms with Crippen LogP contribution in [0, 0.1) is 0 Å². The molecule has 0 unspecified atom stereocenters. The molecule has 10 aromatic rings. The van der Waals surface area contributed by atoms with Crippen molar-refractivity contribution in [2.75, 3.05) is 4.90 Å². The first kappa shape index (κ1) is 32.5. The average molecular weight is 714 g/mol. The van der Waals surface area contributed by atoms with Crippen molar-refractivity contribution in [1.82, 2.24) is 0 Å². The van der Waals surface area contributed by atoms with Crippen molar-refractivity contribution in [3.8, 4) is 33.4 Å². The number of rotatable bonds is 5. The molecule has 1 aliphatic carbocycles. The SMILES string of the molecule is CC1(C)c2ccccc2-c2c(N(c3ccc(-c4ccc5c(ccc6ccc7ccccc7c65)c4)cc3)c3ccccc3-c3ccc4ccccc4c3)cccc21. The van der Waals surface area contributed by atoms with E-state index in [4.69, 9.17) is 0 Å². The quantitative estimate of drug-likeness (QED) is 0.161. The van der Waals surface area contributed by atoms with E-state index in [-0.39, 0.29) is 5.41 Å². The first-order chi connectivity index (χ1) is 27.5. The number of nitrogens with zero attached hydrogens (tertiary/aromatic N) is 1. The van der Waals surface area contributed by atoms with Gasteiger partial charge in [0.2, 0.25) is 0 Å². The molecule has 0 radical (unpaired) electrons. The van der Waals surface area contributed by atoms with Crippen molar-refractivity contribution >= 4 is 60.2 Å². The number of hydrogen-bond donors (Lipinski definition) is 0. The highest BCUT2D eigenvalue weighted by Gasteiger charge is 2.38. The Morgan fingerprint density at radius 3 is 1.79 bits per heavy atom. The van der Waals surface area contributed by atoms with Crippen LogP contribution in [-0.4, -0.2) is 0 Å². The Kier molecular flexibility index (Phi) is 7.28. The molecule has 0 fully saturated rings. The average Bonchev–Trinajstić information content (AvgIpc) is 3.50. The van der Waals surface area contributed by atoms with E-state index < -0.39 is 0 Å². The molecule has 10 aromatic carbocycles. The summed E-state index contributed by atoms with van der Waals surface area (Å²) in [5.41, 5.74) is 13.5. The summed E-state index contributed by atoms with van der Waals surface area (Å²) in [5, 5.41) is 10.2. The summed E-state index contributed by atoms with van der Waals surface area (Å²) < 4.78 is 0. The fourth-order valence-electron chi connectivity index (χ4n) is 9.42. The molecule has 0 aromatic heterocycles. The zero-order chi connectivity index (χ0) is 37.4. The van der Waals surface area contributed by atoms with Gasteiger partial charge in [-0.1, -0.05) is 178 Å². The molecule has 1 nitrogen and oxygen atoms in total. The van der Waals surface area contributed by atoms with Crippen LogP contribution in [0.3, 0.4) is 0 Å². The number of para-hydroxylation sites is 1. The summed E-state index contributed by atoms with van der Waals surface area (Å²) in [5.74, 6) is 0. The lowest BCUT2D eigenvalue weighted by molar-refractivity contribution is 0.660. The van der Waals surface area contributed by atoms with Crippen LogP contribution in [0.2, 0.25) is 0 Å². The fourth-order valence-corrected chi connectivity index (χ4v) is 9.42. The summed E-state index contributed by atoms with van der Waals surface area (Å²) in [6, 6.07) is 74.0. The number of anilines is 3. The molecule has 0 spiro atoms. The van der Waals surface area contributed by atoms with Crippen LogP contribution in [0.15, 0.2) is 200 Å². The van der Waals surface area contributed by atoms with Gasteiger partial charge in [-0.25, -0.2) is 0 Å². The van der Waals surface area contributed by atoms with E-state index in [9.17, 15) is 0 Å². The molecule has 0 heterocycles. The molecule has 0 amide bonds. The Morgan fingerprint density at radius 1 is 0.357 bits per heavy atom. The fraction of sp³-hybridized carbons (Fsp3) is 0.0545. The summed E-state index contributed by atoms with van der Waals surface area (Å²) in [6.45, 7) is 4.72. The zero-order valence-electron chi connectivity index (χ0n) is 31.5. The van der Waals surface area contributed by atoms with E-state index >= 15 is 0 Å². The Labute approximate surface area is 327 Å². The Morgan fingerprint density at radius 2 is 0.929 bits per heavy atom. The maximum absolute atomic E-state index is 2.49. The Balaban J connectivity index is 1.08. The normalized spacial score (nSPS) is 13.0. The first-order valence-electron chi connectivity index (χ1n) is 19.6. The van der Waals surface area contributed by atoms with E-state index in [1.807, 2.05) is 0 Å². The van der Waals surface area contributed by atoms with Gasteiger partial charge < -0.3 is 4.90 Å². The van der Waals surface area contributed by atoms with Gasteiger partial charge in [0.1, 0.15) is 0 Å². The van der Waals surface area contributed by atoms with Crippen molar-refractivity contribution in [2.45, 2.75) is 19.3 Å². The van der Waals surface area contributed by atoms with Gasteiger partial charge in [-0.2, -0.15) is 0 Å². The van der Waals surface area contributed by atoms with Crippen LogP contribution in [0.1, 0.15) is 25.0 Å². The second kappa shape index (κ2) is 12.5. The monoisotopic (exact) mass is 713 g/mol. The standard InChI is InChI=1S/C55H39N/c1-55(2)49-18-9-7-17-48(49)54-50(55)19-11-21-52(54)56(51-20-10-8-15-45(51)42-26-22-36-12-3-4-14-40(36)34-42)44-31-28-37(29-32-44)41-30-33-47-43(35-41)27-25-39-24-23-38-13-5-6-16-46(38)53(39)47/h3-35H,1-2H3. The highest BCUT2D eigenvalue weighted by molar-refractivity contribution is 6.20. The van der Waals surface area contributed by atoms with Gasteiger partial charge in [0.05, 0.1) is 11.4 Å². The van der Waals surface area contributed by atoms with Crippen LogP contribution < -0.4 is 4.90 Å². The van der Waals surface area contributed by atoms with Gasteiger partial charge in [0, 0.05) is 22.2 Å². The van der Waals surface area contributed by atoms with Gasteiger partial charge in [-0.05, 0) is 113 Å². The molecule has 264 valence electrons. The molecular weight excluding hydrogens is 675 g/mol. The lowest BCUT2D eigenvalue weighted by atomic mass is 9.82. The van der Waals surface area contributed by atoms with E-state index in [2.05, 4.69) is 219 Å². The van der Waals surface area contributed by atoms with E-state index in [0.29, 0.717) is 0 Å². The first-order valence-corrected chi connectivity index (χ1v) is 19.6. The highest BCUT2D eigenvalue weighted by atomic mass is 15.1. The molecule has 0 atom stereocenters. The van der Waals surface area contributed by atoms with Crippen molar-refractivity contribution in [3.05, 3.63) is 211 Å². The largest absolute Gasteiger partial charge is 0.309 e. The van der Waals surface area contributed by atoms with E-state index in [1.165, 1.54) is 93.3 Å². The minimum Gasteiger partial charge on any atom is -0.309 e. The third-order valence-electron chi connectivity index (χ3n) is 12.2. The van der Waals surface area contributed by atoms with Crippen LogP contribution in [0.25, 0.3) is 76.5 Å². The molecule has 1 aliphatic rings. The smallest absolute Gasteiger partial charge is 0.0543 e. The molecule has 56 heavy (non-hydrogen) atoms. The molecule has 0 bridgehead atoms. The third-order valence-corrected chi connectivity index (χ3v) is 12.2. The van der Waals surface area contributed by atoms with Crippen LogP contribution in [0.5, 0.6) is 0 Å². The molecular formula is C55H39N. The second-order valence-corrected chi connectivity index (χ2v) is 15.7. The van der Waals surface area contributed by atoms with Crippen molar-refractivity contribution < 1.29 is 0 Å². The lowest BCUT2D eigenvalue weighted by Crippen LogP contribution is -2.16. The molecule has 0 saturated heterocycles. The zero-order valence-corrected chi connectivity index (χ0v) is 31.5. The third kappa shape index (κ3) is 5.01. The van der Waals surface area contributed by atoms with Crippen LogP contribution >= 0.6 is 0 Å². The van der Waals surface area contributed by atoms with E-state index in [1.54, 1.807) is 0 Å². The summed E-state index contributed by atoms with van der Waals surface area (Å²) in [6.07, 6.45) is 0. The van der Waals surface area contributed by atoms with Crippen molar-refractivity contribution in [2.24, 2.45) is 0 Å². The minimum atomic E-state index is -0.108. The lowest BCUT2D eigenvalue weighted by Gasteiger charge is -2.30. The molecule has 0 saturated carbocycles. The summed E-state index contributed by atoms with van der Waals surface area (Å²) in [4.78, 5) is 2.49. The summed E-state index contributed by atoms with van der Waals surface area (Å²) in [7, 11) is 0. The van der Waals surface area contributed by atoms with Crippen LogP contribution in [0.4, 0.5) is 17.1 Å². The predicted molar refractivity (Wildman–Crippen MR) is 240 cm³/mol. The van der Waals surface area contributed by atoms with Crippen molar-refractivity contribution in [1.29, 1.82) is 0 Å². The molecule has 1 heteroatoms. The van der Waals surface area contributed by atoms with Crippen molar-refractivity contribution in [3.63, 3.8) is 0 Å². The van der Waals surface area contributed by atoms with Gasteiger partial charge in [-0.3, -0.25) is 0 Å². The maximum atomic E-state index is 2.49. The predicted octanol–water partition coefficient (Wildman–Crippen LogP) is 15.4. The molecule has 0 N–H and O–H groups in total. The Hall–Kier alpha value is -6.96. The van der Waals surface area contributed by atoms with Gasteiger partial charge in [0.15, 0.2) is 0 Å². The molecule has 0 aliphatic heterocycles. The second-order valence-electron chi connectivity index (χ2n) is 15.7. The molecule has 11 rings (SSSR count). The van der Waals surface area contributed by atoms with Crippen LogP contribution in [-0.2, 0) is 5.41 Å². The van der Waals surface area contributed by atoms with Gasteiger partial charge in [0.25, 0.3) is 0 Å². The number of fused-ring (bicyclic) bond motifs is 9. The topological polar surface area (TPSA) is 3.24 Å². The highest BCUT2D eigenvalue weighted by Crippen LogP contribution is 2.55. The van der Waals surface area contributed by atoms with Gasteiger partial charge in [-0.15, -0.1) is 0 Å².